The quantitative estimate of drug-likeness (QED) is 0.501. The van der Waals surface area contributed by atoms with Crippen LogP contribution in [-0.4, -0.2) is 52.7 Å². The van der Waals surface area contributed by atoms with Gasteiger partial charge in [0, 0.05) is 25.5 Å². The maximum atomic E-state index is 12.8. The van der Waals surface area contributed by atoms with Gasteiger partial charge in [0.25, 0.3) is 0 Å². The Kier molecular flexibility index (Phi) is 7.29. The second-order valence-electron chi connectivity index (χ2n) is 7.38. The molecule has 1 amide bonds. The molecule has 1 N–H and O–H groups in total. The van der Waals surface area contributed by atoms with Crippen LogP contribution in [-0.2, 0) is 14.8 Å². The maximum Gasteiger partial charge on any atom is 0.244 e. The van der Waals surface area contributed by atoms with Crippen LogP contribution in [0.2, 0.25) is 5.02 Å². The molecule has 3 rings (SSSR count). The van der Waals surface area contributed by atoms with Crippen LogP contribution in [0.3, 0.4) is 0 Å². The fourth-order valence-electron chi connectivity index (χ4n) is 2.84. The number of halogens is 1. The summed E-state index contributed by atoms with van der Waals surface area (Å²) in [6.07, 6.45) is 0. The van der Waals surface area contributed by atoms with E-state index in [0.29, 0.717) is 16.7 Å². The first-order chi connectivity index (χ1) is 15.0. The number of amides is 1. The molecular weight excluding hydrogens is 470 g/mol. The molecule has 0 radical (unpaired) electrons. The van der Waals surface area contributed by atoms with Crippen LogP contribution >= 0.6 is 23.4 Å². The van der Waals surface area contributed by atoms with Gasteiger partial charge in [0.15, 0.2) is 5.16 Å². The van der Waals surface area contributed by atoms with E-state index >= 15 is 0 Å². The largest absolute Gasteiger partial charge is 0.325 e. The lowest BCUT2D eigenvalue weighted by Gasteiger charge is -2.16. The van der Waals surface area contributed by atoms with Gasteiger partial charge in [-0.2, -0.15) is 0 Å². The van der Waals surface area contributed by atoms with Crippen molar-refractivity contribution in [2.24, 2.45) is 0 Å². The molecular formula is C21H24ClN5O3S2. The number of thioether (sulfide) groups is 1. The molecule has 170 valence electrons. The monoisotopic (exact) mass is 493 g/mol. The Morgan fingerprint density at radius 1 is 1.12 bits per heavy atom. The number of anilines is 1. The van der Waals surface area contributed by atoms with Crippen molar-refractivity contribution in [2.75, 3.05) is 19.4 Å². The fraction of sp³-hybridized carbons (Fsp3) is 0.286. The second-order valence-corrected chi connectivity index (χ2v) is 11.2. The van der Waals surface area contributed by atoms with Gasteiger partial charge in [-0.1, -0.05) is 41.1 Å². The molecule has 0 saturated carbocycles. The first-order valence-electron chi connectivity index (χ1n) is 9.69. The van der Waals surface area contributed by atoms with Gasteiger partial charge in [0.05, 0.1) is 10.3 Å². The standard InChI is InChI=1S/C21H24ClN5O3S2/c1-13-6-9-17(10-7-13)27-15(3)24-25-21(27)31-14(2)20(28)23-16-8-11-18(22)19(12-16)32(29,30)26(4)5/h6-12,14H,1-5H3,(H,23,28). The highest BCUT2D eigenvalue weighted by Gasteiger charge is 2.23. The Labute approximate surface area is 197 Å². The van der Waals surface area contributed by atoms with Crippen LogP contribution in [0.15, 0.2) is 52.5 Å². The van der Waals surface area contributed by atoms with Gasteiger partial charge >= 0.3 is 0 Å². The summed E-state index contributed by atoms with van der Waals surface area (Å²) in [5.41, 5.74) is 2.38. The van der Waals surface area contributed by atoms with Gasteiger partial charge in [-0.25, -0.2) is 12.7 Å². The van der Waals surface area contributed by atoms with Crippen LogP contribution in [0.25, 0.3) is 5.69 Å². The zero-order valence-corrected chi connectivity index (χ0v) is 20.7. The SMILES string of the molecule is Cc1ccc(-n2c(C)nnc2SC(C)C(=O)Nc2ccc(Cl)c(S(=O)(=O)N(C)C)c2)cc1. The summed E-state index contributed by atoms with van der Waals surface area (Å²) in [5, 5.41) is 11.3. The maximum absolute atomic E-state index is 12.8. The number of carbonyl (C=O) groups is 1. The number of rotatable bonds is 7. The molecule has 0 spiro atoms. The number of benzene rings is 2. The highest BCUT2D eigenvalue weighted by atomic mass is 35.5. The molecule has 0 aliphatic rings. The molecule has 8 nitrogen and oxygen atoms in total. The number of aromatic nitrogens is 3. The minimum Gasteiger partial charge on any atom is -0.325 e. The molecule has 0 fully saturated rings. The Morgan fingerprint density at radius 2 is 1.78 bits per heavy atom. The molecule has 0 aliphatic carbocycles. The molecule has 3 aromatic rings. The van der Waals surface area contributed by atoms with Crippen molar-refractivity contribution >= 4 is 45.0 Å². The van der Waals surface area contributed by atoms with E-state index < -0.39 is 15.3 Å². The van der Waals surface area contributed by atoms with Crippen LogP contribution in [0.4, 0.5) is 5.69 Å². The van der Waals surface area contributed by atoms with E-state index in [4.69, 9.17) is 11.6 Å². The van der Waals surface area contributed by atoms with Crippen molar-refractivity contribution in [3.8, 4) is 5.69 Å². The predicted molar refractivity (Wildman–Crippen MR) is 127 cm³/mol. The number of hydrogen-bond acceptors (Lipinski definition) is 6. The van der Waals surface area contributed by atoms with E-state index in [1.165, 1.54) is 38.0 Å². The molecule has 0 bridgehead atoms. The van der Waals surface area contributed by atoms with Gasteiger partial charge < -0.3 is 5.32 Å². The van der Waals surface area contributed by atoms with Gasteiger partial charge in [-0.05, 0) is 51.1 Å². The molecule has 1 unspecified atom stereocenters. The lowest BCUT2D eigenvalue weighted by Crippen LogP contribution is -2.24. The highest BCUT2D eigenvalue weighted by Crippen LogP contribution is 2.29. The van der Waals surface area contributed by atoms with Crippen molar-refractivity contribution in [1.29, 1.82) is 0 Å². The Bertz CT molecular complexity index is 1240. The third-order valence-electron chi connectivity index (χ3n) is 4.70. The first-order valence-corrected chi connectivity index (χ1v) is 12.4. The number of nitrogens with one attached hydrogen (secondary N) is 1. The third kappa shape index (κ3) is 5.15. The zero-order chi connectivity index (χ0) is 23.6. The summed E-state index contributed by atoms with van der Waals surface area (Å²) >= 11 is 7.34. The van der Waals surface area contributed by atoms with E-state index in [0.717, 1.165) is 15.6 Å². The van der Waals surface area contributed by atoms with E-state index in [-0.39, 0.29) is 15.8 Å². The minimum atomic E-state index is -3.75. The summed E-state index contributed by atoms with van der Waals surface area (Å²) < 4.78 is 27.9. The van der Waals surface area contributed by atoms with E-state index in [1.54, 1.807) is 13.0 Å². The van der Waals surface area contributed by atoms with E-state index in [1.807, 2.05) is 42.7 Å². The summed E-state index contributed by atoms with van der Waals surface area (Å²) in [6.45, 7) is 5.61. The van der Waals surface area contributed by atoms with Gasteiger partial charge in [0.1, 0.15) is 10.7 Å². The van der Waals surface area contributed by atoms with E-state index in [9.17, 15) is 13.2 Å². The molecule has 1 heterocycles. The van der Waals surface area contributed by atoms with Crippen molar-refractivity contribution < 1.29 is 13.2 Å². The van der Waals surface area contributed by atoms with Gasteiger partial charge in [-0.3, -0.25) is 9.36 Å². The molecule has 2 aromatic carbocycles. The summed E-state index contributed by atoms with van der Waals surface area (Å²) in [5.74, 6) is 0.404. The Balaban J connectivity index is 1.79. The van der Waals surface area contributed by atoms with Gasteiger partial charge in [-0.15, -0.1) is 10.2 Å². The molecule has 32 heavy (non-hydrogen) atoms. The first kappa shape index (κ1) is 24.2. The number of hydrogen-bond donors (Lipinski definition) is 1. The molecule has 0 aliphatic heterocycles. The van der Waals surface area contributed by atoms with Crippen LogP contribution in [0.1, 0.15) is 18.3 Å². The molecule has 11 heteroatoms. The lowest BCUT2D eigenvalue weighted by atomic mass is 10.2. The van der Waals surface area contributed by atoms with Crippen molar-refractivity contribution in [3.63, 3.8) is 0 Å². The van der Waals surface area contributed by atoms with E-state index in [2.05, 4.69) is 15.5 Å². The van der Waals surface area contributed by atoms with Gasteiger partial charge in [0.2, 0.25) is 15.9 Å². The number of nitrogens with zero attached hydrogens (tertiary/aromatic N) is 4. The normalized spacial score (nSPS) is 12.7. The Morgan fingerprint density at radius 3 is 2.41 bits per heavy atom. The molecule has 1 atom stereocenters. The zero-order valence-electron chi connectivity index (χ0n) is 18.3. The lowest BCUT2D eigenvalue weighted by molar-refractivity contribution is -0.115. The summed E-state index contributed by atoms with van der Waals surface area (Å²) in [4.78, 5) is 12.7. The molecule has 1 aromatic heterocycles. The predicted octanol–water partition coefficient (Wildman–Crippen LogP) is 3.91. The van der Waals surface area contributed by atoms with Crippen molar-refractivity contribution in [2.45, 2.75) is 36.1 Å². The second kappa shape index (κ2) is 9.62. The number of aryl methyl sites for hydroxylation is 2. The summed E-state index contributed by atoms with van der Waals surface area (Å²) in [7, 11) is -0.911. The Hall–Kier alpha value is -2.40. The topological polar surface area (TPSA) is 97.2 Å². The minimum absolute atomic E-state index is 0.0722. The smallest absolute Gasteiger partial charge is 0.244 e. The van der Waals surface area contributed by atoms with Crippen molar-refractivity contribution in [3.05, 3.63) is 58.9 Å². The average Bonchev–Trinajstić information content (AvgIpc) is 3.09. The van der Waals surface area contributed by atoms with Crippen molar-refractivity contribution in [1.82, 2.24) is 19.1 Å². The fourth-order valence-corrected chi connectivity index (χ4v) is 5.15. The van der Waals surface area contributed by atoms with Crippen LogP contribution in [0, 0.1) is 13.8 Å². The average molecular weight is 494 g/mol. The third-order valence-corrected chi connectivity index (χ3v) is 8.04. The van der Waals surface area contributed by atoms with Crippen LogP contribution in [0.5, 0.6) is 0 Å². The summed E-state index contributed by atoms with van der Waals surface area (Å²) in [6, 6.07) is 12.3. The van der Waals surface area contributed by atoms with Crippen LogP contribution < -0.4 is 5.32 Å². The number of carbonyl (C=O) groups excluding carboxylic acids is 1. The molecule has 0 saturated heterocycles. The highest BCUT2D eigenvalue weighted by molar-refractivity contribution is 8.00. The number of sulfonamides is 1.